The molecular weight excluding hydrogens is 188 g/mol. The number of aryl methyl sites for hydroxylation is 1. The summed E-state index contributed by atoms with van der Waals surface area (Å²) in [7, 11) is 3.27. The van der Waals surface area contributed by atoms with Crippen LogP contribution in [0.25, 0.3) is 0 Å². The third kappa shape index (κ3) is 5.31. The number of unbranched alkanes of at least 4 members (excludes halogenated alkanes) is 1. The van der Waals surface area contributed by atoms with Gasteiger partial charge in [-0.05, 0) is 24.6 Å². The van der Waals surface area contributed by atoms with Crippen LogP contribution in [0.5, 0.6) is 11.5 Å². The van der Waals surface area contributed by atoms with Gasteiger partial charge in [-0.1, -0.05) is 32.8 Å². The second-order valence-corrected chi connectivity index (χ2v) is 3.36. The van der Waals surface area contributed by atoms with Crippen LogP contribution < -0.4 is 9.47 Å². The van der Waals surface area contributed by atoms with E-state index in [9.17, 15) is 0 Å². The molecule has 0 heterocycles. The predicted molar refractivity (Wildman–Crippen MR) is 64.9 cm³/mol. The minimum absolute atomic E-state index is 0.776. The van der Waals surface area contributed by atoms with E-state index in [1.807, 2.05) is 25.1 Å². The molecule has 0 aliphatic carbocycles. The number of rotatable bonds is 3. The molecule has 0 saturated carbocycles. The van der Waals surface area contributed by atoms with Crippen LogP contribution in [0, 0.1) is 6.92 Å². The van der Waals surface area contributed by atoms with Crippen LogP contribution >= 0.6 is 0 Å². The number of hydrogen-bond acceptors (Lipinski definition) is 2. The Balaban J connectivity index is 0.000000423. The number of methoxy groups -OCH3 is 2. The lowest BCUT2D eigenvalue weighted by atomic mass is 10.2. The Morgan fingerprint density at radius 2 is 1.47 bits per heavy atom. The Kier molecular flexibility index (Phi) is 7.51. The maximum atomic E-state index is 5.09. The van der Waals surface area contributed by atoms with Gasteiger partial charge in [0.15, 0.2) is 11.5 Å². The fourth-order valence-corrected chi connectivity index (χ4v) is 0.943. The normalized spacial score (nSPS) is 8.87. The molecule has 0 unspecified atom stereocenters. The summed E-state index contributed by atoms with van der Waals surface area (Å²) in [5.41, 5.74) is 1.17. The van der Waals surface area contributed by atoms with Crippen LogP contribution in [-0.4, -0.2) is 14.2 Å². The van der Waals surface area contributed by atoms with Crippen molar-refractivity contribution < 1.29 is 9.47 Å². The van der Waals surface area contributed by atoms with Crippen molar-refractivity contribution in [3.8, 4) is 11.5 Å². The summed E-state index contributed by atoms with van der Waals surface area (Å²) < 4.78 is 10.2. The van der Waals surface area contributed by atoms with Gasteiger partial charge < -0.3 is 9.47 Å². The van der Waals surface area contributed by atoms with Crippen molar-refractivity contribution in [3.63, 3.8) is 0 Å². The quantitative estimate of drug-likeness (QED) is 0.755. The van der Waals surface area contributed by atoms with E-state index < -0.39 is 0 Å². The van der Waals surface area contributed by atoms with Gasteiger partial charge in [0.2, 0.25) is 0 Å². The summed E-state index contributed by atoms with van der Waals surface area (Å²) in [6, 6.07) is 5.83. The van der Waals surface area contributed by atoms with E-state index >= 15 is 0 Å². The van der Waals surface area contributed by atoms with Crippen LogP contribution in [0.15, 0.2) is 18.2 Å². The van der Waals surface area contributed by atoms with E-state index in [0.29, 0.717) is 0 Å². The van der Waals surface area contributed by atoms with Crippen LogP contribution in [0.1, 0.15) is 32.3 Å². The van der Waals surface area contributed by atoms with Crippen LogP contribution in [0.4, 0.5) is 0 Å². The molecule has 0 radical (unpaired) electrons. The minimum atomic E-state index is 0.776. The molecule has 1 rings (SSSR count). The molecule has 0 saturated heterocycles. The van der Waals surface area contributed by atoms with Gasteiger partial charge in [-0.3, -0.25) is 0 Å². The summed E-state index contributed by atoms with van der Waals surface area (Å²) in [5.74, 6) is 1.56. The van der Waals surface area contributed by atoms with E-state index in [4.69, 9.17) is 9.47 Å². The molecule has 2 nitrogen and oxygen atoms in total. The summed E-state index contributed by atoms with van der Waals surface area (Å²) in [4.78, 5) is 0. The molecule has 1 aromatic rings. The second kappa shape index (κ2) is 8.16. The molecule has 0 aromatic heterocycles. The Morgan fingerprint density at radius 3 is 1.87 bits per heavy atom. The zero-order chi connectivity index (χ0) is 11.7. The van der Waals surface area contributed by atoms with Crippen molar-refractivity contribution in [2.45, 2.75) is 33.6 Å². The molecule has 0 N–H and O–H groups in total. The largest absolute Gasteiger partial charge is 0.493 e. The fourth-order valence-electron chi connectivity index (χ4n) is 0.943. The summed E-state index contributed by atoms with van der Waals surface area (Å²) in [6.45, 7) is 6.38. The standard InChI is InChI=1S/C9H12O2.C4H10/c1-7-4-5-8(10-2)9(6-7)11-3;1-3-4-2/h4-6H,1-3H3;3-4H2,1-2H3. The summed E-state index contributed by atoms with van der Waals surface area (Å²) in [5, 5.41) is 0. The van der Waals surface area contributed by atoms with Crippen LogP contribution in [0.3, 0.4) is 0 Å². The Hall–Kier alpha value is -1.18. The maximum absolute atomic E-state index is 5.09. The summed E-state index contributed by atoms with van der Waals surface area (Å²) in [6.07, 6.45) is 2.64. The Labute approximate surface area is 93.2 Å². The Morgan fingerprint density at radius 1 is 0.933 bits per heavy atom. The van der Waals surface area contributed by atoms with Gasteiger partial charge in [0, 0.05) is 0 Å². The zero-order valence-electron chi connectivity index (χ0n) is 10.5. The predicted octanol–water partition coefficient (Wildman–Crippen LogP) is 3.82. The fraction of sp³-hybridized carbons (Fsp3) is 0.538. The van der Waals surface area contributed by atoms with Gasteiger partial charge in [-0.2, -0.15) is 0 Å². The van der Waals surface area contributed by atoms with Crippen molar-refractivity contribution in [1.82, 2.24) is 0 Å². The van der Waals surface area contributed by atoms with Gasteiger partial charge in [0.25, 0.3) is 0 Å². The molecule has 0 aliphatic rings. The highest BCUT2D eigenvalue weighted by molar-refractivity contribution is 5.42. The van der Waals surface area contributed by atoms with Crippen LogP contribution in [-0.2, 0) is 0 Å². The molecule has 2 heteroatoms. The van der Waals surface area contributed by atoms with E-state index in [1.165, 1.54) is 18.4 Å². The van der Waals surface area contributed by atoms with E-state index in [1.54, 1.807) is 14.2 Å². The first-order valence-corrected chi connectivity index (χ1v) is 5.38. The molecule has 0 fully saturated rings. The molecule has 86 valence electrons. The highest BCUT2D eigenvalue weighted by Crippen LogP contribution is 2.26. The lowest BCUT2D eigenvalue weighted by molar-refractivity contribution is 0.354. The van der Waals surface area contributed by atoms with Crippen molar-refractivity contribution in [2.75, 3.05) is 14.2 Å². The molecule has 0 spiro atoms. The third-order valence-electron chi connectivity index (χ3n) is 2.04. The monoisotopic (exact) mass is 210 g/mol. The molecule has 1 aromatic carbocycles. The van der Waals surface area contributed by atoms with Crippen molar-refractivity contribution in [3.05, 3.63) is 23.8 Å². The first kappa shape index (κ1) is 13.8. The van der Waals surface area contributed by atoms with Crippen molar-refractivity contribution in [1.29, 1.82) is 0 Å². The molecule has 15 heavy (non-hydrogen) atoms. The van der Waals surface area contributed by atoms with Crippen molar-refractivity contribution >= 4 is 0 Å². The second-order valence-electron chi connectivity index (χ2n) is 3.36. The minimum Gasteiger partial charge on any atom is -0.493 e. The first-order chi connectivity index (χ1) is 7.19. The molecule has 0 atom stereocenters. The number of benzene rings is 1. The first-order valence-electron chi connectivity index (χ1n) is 5.38. The average molecular weight is 210 g/mol. The van der Waals surface area contributed by atoms with E-state index in [-0.39, 0.29) is 0 Å². The van der Waals surface area contributed by atoms with Gasteiger partial charge in [0.05, 0.1) is 14.2 Å². The Bertz CT molecular complexity index is 267. The van der Waals surface area contributed by atoms with Gasteiger partial charge in [-0.15, -0.1) is 0 Å². The van der Waals surface area contributed by atoms with E-state index in [2.05, 4.69) is 13.8 Å². The molecular formula is C13H22O2. The van der Waals surface area contributed by atoms with E-state index in [0.717, 1.165) is 11.5 Å². The number of ether oxygens (including phenoxy) is 2. The van der Waals surface area contributed by atoms with Crippen molar-refractivity contribution in [2.24, 2.45) is 0 Å². The molecule has 0 amide bonds. The third-order valence-corrected chi connectivity index (χ3v) is 2.04. The van der Waals surface area contributed by atoms with Gasteiger partial charge >= 0.3 is 0 Å². The SMILES string of the molecule is CCCC.COc1ccc(C)cc1OC. The smallest absolute Gasteiger partial charge is 0.160 e. The topological polar surface area (TPSA) is 18.5 Å². The lowest BCUT2D eigenvalue weighted by Gasteiger charge is -2.06. The molecule has 0 bridgehead atoms. The van der Waals surface area contributed by atoms with Gasteiger partial charge in [0.1, 0.15) is 0 Å². The maximum Gasteiger partial charge on any atom is 0.160 e. The number of hydrogen-bond donors (Lipinski definition) is 0. The molecule has 0 aliphatic heterocycles. The lowest BCUT2D eigenvalue weighted by Crippen LogP contribution is -1.90. The highest BCUT2D eigenvalue weighted by Gasteiger charge is 2.00. The average Bonchev–Trinajstić information content (AvgIpc) is 2.29. The summed E-state index contributed by atoms with van der Waals surface area (Å²) >= 11 is 0. The highest BCUT2D eigenvalue weighted by atomic mass is 16.5. The van der Waals surface area contributed by atoms with Gasteiger partial charge in [-0.25, -0.2) is 0 Å². The van der Waals surface area contributed by atoms with Crippen LogP contribution in [0.2, 0.25) is 0 Å². The zero-order valence-corrected chi connectivity index (χ0v) is 10.5.